The maximum atomic E-state index is 12.4. The standard InChI is InChI=1S/C20H21NO2/c1-12-6-5-7-13(2)20(12)21-19(22)10-16-11-23-18-9-15(4)14(3)8-17(16)18/h5-9,11H,10H2,1-4H3,(H,21,22). The molecule has 0 radical (unpaired) electrons. The summed E-state index contributed by atoms with van der Waals surface area (Å²) in [6.07, 6.45) is 2.00. The maximum Gasteiger partial charge on any atom is 0.228 e. The van der Waals surface area contributed by atoms with Gasteiger partial charge in [0.1, 0.15) is 5.58 Å². The Labute approximate surface area is 136 Å². The number of nitrogens with one attached hydrogen (secondary N) is 1. The van der Waals surface area contributed by atoms with Crippen LogP contribution in [0.4, 0.5) is 5.69 Å². The van der Waals surface area contributed by atoms with Crippen molar-refractivity contribution in [2.75, 3.05) is 5.32 Å². The molecular weight excluding hydrogens is 286 g/mol. The van der Waals surface area contributed by atoms with E-state index in [1.165, 1.54) is 11.1 Å². The van der Waals surface area contributed by atoms with E-state index in [-0.39, 0.29) is 5.91 Å². The Morgan fingerprint density at radius 3 is 2.35 bits per heavy atom. The highest BCUT2D eigenvalue weighted by Gasteiger charge is 2.13. The van der Waals surface area contributed by atoms with Gasteiger partial charge in [-0.25, -0.2) is 0 Å². The van der Waals surface area contributed by atoms with Crippen molar-refractivity contribution in [2.24, 2.45) is 0 Å². The van der Waals surface area contributed by atoms with E-state index in [1.807, 2.05) is 38.1 Å². The first-order valence-electron chi connectivity index (χ1n) is 7.79. The Balaban J connectivity index is 1.85. The third-order valence-electron chi connectivity index (χ3n) is 4.37. The van der Waals surface area contributed by atoms with E-state index in [9.17, 15) is 4.79 Å². The van der Waals surface area contributed by atoms with Crippen LogP contribution in [0.5, 0.6) is 0 Å². The van der Waals surface area contributed by atoms with Gasteiger partial charge in [0, 0.05) is 16.6 Å². The monoisotopic (exact) mass is 307 g/mol. The molecule has 0 unspecified atom stereocenters. The molecular formula is C20H21NO2. The molecule has 3 heteroatoms. The summed E-state index contributed by atoms with van der Waals surface area (Å²) in [5, 5.41) is 4.05. The first kappa shape index (κ1) is 15.3. The van der Waals surface area contributed by atoms with E-state index in [0.717, 1.165) is 33.3 Å². The minimum absolute atomic E-state index is 0.0247. The van der Waals surface area contributed by atoms with Crippen molar-refractivity contribution < 1.29 is 9.21 Å². The number of carbonyl (C=O) groups excluding carboxylic acids is 1. The molecule has 1 N–H and O–H groups in total. The van der Waals surface area contributed by atoms with Crippen LogP contribution in [0.25, 0.3) is 11.0 Å². The molecule has 0 aliphatic heterocycles. The number of amides is 1. The summed E-state index contributed by atoms with van der Waals surface area (Å²) in [6, 6.07) is 10.1. The zero-order valence-corrected chi connectivity index (χ0v) is 14.0. The van der Waals surface area contributed by atoms with Crippen LogP contribution in [0, 0.1) is 27.7 Å². The van der Waals surface area contributed by atoms with Crippen LogP contribution in [-0.4, -0.2) is 5.91 Å². The van der Waals surface area contributed by atoms with Gasteiger partial charge in [0.05, 0.1) is 12.7 Å². The second kappa shape index (κ2) is 5.92. The van der Waals surface area contributed by atoms with Crippen molar-refractivity contribution in [1.82, 2.24) is 0 Å². The predicted octanol–water partition coefficient (Wildman–Crippen LogP) is 4.85. The summed E-state index contributed by atoms with van der Waals surface area (Å²) in [4.78, 5) is 12.4. The van der Waals surface area contributed by atoms with E-state index in [0.29, 0.717) is 6.42 Å². The van der Waals surface area contributed by atoms with Gasteiger partial charge in [0.15, 0.2) is 0 Å². The highest BCUT2D eigenvalue weighted by atomic mass is 16.3. The van der Waals surface area contributed by atoms with Crippen molar-refractivity contribution in [3.05, 3.63) is 64.4 Å². The zero-order valence-electron chi connectivity index (χ0n) is 14.0. The van der Waals surface area contributed by atoms with Crippen molar-refractivity contribution >= 4 is 22.6 Å². The molecule has 0 saturated carbocycles. The van der Waals surface area contributed by atoms with Gasteiger partial charge in [-0.1, -0.05) is 18.2 Å². The van der Waals surface area contributed by atoms with Crippen molar-refractivity contribution in [3.8, 4) is 0 Å². The second-order valence-electron chi connectivity index (χ2n) is 6.19. The fourth-order valence-electron chi connectivity index (χ4n) is 2.84. The van der Waals surface area contributed by atoms with Gasteiger partial charge >= 0.3 is 0 Å². The SMILES string of the molecule is Cc1cc2occ(CC(=O)Nc3c(C)cccc3C)c2cc1C. The van der Waals surface area contributed by atoms with Crippen LogP contribution in [0.15, 0.2) is 41.0 Å². The van der Waals surface area contributed by atoms with Gasteiger partial charge in [0.2, 0.25) is 5.91 Å². The first-order valence-corrected chi connectivity index (χ1v) is 7.79. The Bertz CT molecular complexity index is 870. The normalized spacial score (nSPS) is 11.0. The second-order valence-corrected chi connectivity index (χ2v) is 6.19. The fourth-order valence-corrected chi connectivity index (χ4v) is 2.84. The molecule has 1 aromatic heterocycles. The lowest BCUT2D eigenvalue weighted by Gasteiger charge is -2.11. The van der Waals surface area contributed by atoms with Crippen LogP contribution in [-0.2, 0) is 11.2 Å². The van der Waals surface area contributed by atoms with Gasteiger partial charge in [0.25, 0.3) is 0 Å². The lowest BCUT2D eigenvalue weighted by atomic mass is 10.0. The summed E-state index contributed by atoms with van der Waals surface area (Å²) < 4.78 is 5.60. The number of fused-ring (bicyclic) bond motifs is 1. The van der Waals surface area contributed by atoms with Gasteiger partial charge in [-0.3, -0.25) is 4.79 Å². The molecule has 23 heavy (non-hydrogen) atoms. The molecule has 0 aliphatic carbocycles. The molecule has 3 rings (SSSR count). The molecule has 0 atom stereocenters. The summed E-state index contributed by atoms with van der Waals surface area (Å²) in [5.74, 6) is -0.0247. The smallest absolute Gasteiger partial charge is 0.228 e. The average Bonchev–Trinajstić information content (AvgIpc) is 2.86. The Morgan fingerprint density at radius 1 is 1.00 bits per heavy atom. The molecule has 1 heterocycles. The number of carbonyl (C=O) groups is 1. The third-order valence-corrected chi connectivity index (χ3v) is 4.37. The molecule has 0 spiro atoms. The fraction of sp³-hybridized carbons (Fsp3) is 0.250. The lowest BCUT2D eigenvalue weighted by Crippen LogP contribution is -2.15. The highest BCUT2D eigenvalue weighted by Crippen LogP contribution is 2.26. The van der Waals surface area contributed by atoms with Crippen molar-refractivity contribution in [3.63, 3.8) is 0 Å². The van der Waals surface area contributed by atoms with E-state index in [1.54, 1.807) is 6.26 Å². The number of para-hydroxylation sites is 1. The minimum Gasteiger partial charge on any atom is -0.464 e. The van der Waals surface area contributed by atoms with Crippen molar-refractivity contribution in [1.29, 1.82) is 0 Å². The predicted molar refractivity (Wildman–Crippen MR) is 93.9 cm³/mol. The Morgan fingerprint density at radius 2 is 1.65 bits per heavy atom. The number of furan rings is 1. The number of anilines is 1. The van der Waals surface area contributed by atoms with Crippen LogP contribution in [0.2, 0.25) is 0 Å². The number of benzene rings is 2. The summed E-state index contributed by atoms with van der Waals surface area (Å²) >= 11 is 0. The summed E-state index contributed by atoms with van der Waals surface area (Å²) in [6.45, 7) is 8.14. The van der Waals surface area contributed by atoms with Gasteiger partial charge in [-0.2, -0.15) is 0 Å². The van der Waals surface area contributed by atoms with Crippen molar-refractivity contribution in [2.45, 2.75) is 34.1 Å². The lowest BCUT2D eigenvalue weighted by molar-refractivity contribution is -0.115. The molecule has 2 aromatic carbocycles. The molecule has 0 saturated heterocycles. The molecule has 1 amide bonds. The Kier molecular flexibility index (Phi) is 3.95. The minimum atomic E-state index is -0.0247. The van der Waals surface area contributed by atoms with E-state index < -0.39 is 0 Å². The summed E-state index contributed by atoms with van der Waals surface area (Å²) in [5.41, 5.74) is 7.20. The van der Waals surface area contributed by atoms with Gasteiger partial charge in [-0.05, 0) is 62.1 Å². The van der Waals surface area contributed by atoms with E-state index in [4.69, 9.17) is 4.42 Å². The van der Waals surface area contributed by atoms with Crippen LogP contribution in [0.1, 0.15) is 27.8 Å². The molecule has 118 valence electrons. The molecule has 0 bridgehead atoms. The molecule has 3 nitrogen and oxygen atoms in total. The van der Waals surface area contributed by atoms with Crippen LogP contribution in [0.3, 0.4) is 0 Å². The number of rotatable bonds is 3. The van der Waals surface area contributed by atoms with Crippen LogP contribution >= 0.6 is 0 Å². The largest absolute Gasteiger partial charge is 0.464 e. The number of hydrogen-bond donors (Lipinski definition) is 1. The molecule has 0 fully saturated rings. The number of aryl methyl sites for hydroxylation is 4. The highest BCUT2D eigenvalue weighted by molar-refractivity contribution is 5.96. The van der Waals surface area contributed by atoms with Gasteiger partial charge in [-0.15, -0.1) is 0 Å². The van der Waals surface area contributed by atoms with E-state index >= 15 is 0 Å². The average molecular weight is 307 g/mol. The topological polar surface area (TPSA) is 42.2 Å². The molecule has 0 aliphatic rings. The number of hydrogen-bond acceptors (Lipinski definition) is 2. The molecule has 3 aromatic rings. The van der Waals surface area contributed by atoms with E-state index in [2.05, 4.69) is 25.2 Å². The Hall–Kier alpha value is -2.55. The zero-order chi connectivity index (χ0) is 16.6. The third kappa shape index (κ3) is 3.00. The van der Waals surface area contributed by atoms with Gasteiger partial charge < -0.3 is 9.73 Å². The summed E-state index contributed by atoms with van der Waals surface area (Å²) in [7, 11) is 0. The maximum absolute atomic E-state index is 12.4. The quantitative estimate of drug-likeness (QED) is 0.751. The van der Waals surface area contributed by atoms with Crippen LogP contribution < -0.4 is 5.32 Å². The first-order chi connectivity index (χ1) is 11.0.